The summed E-state index contributed by atoms with van der Waals surface area (Å²) in [5.74, 6) is -0.0767. The molecule has 2 aromatic rings. The van der Waals surface area contributed by atoms with Gasteiger partial charge >= 0.3 is 0 Å². The van der Waals surface area contributed by atoms with E-state index < -0.39 is 0 Å². The second-order valence-electron chi connectivity index (χ2n) is 5.07. The highest BCUT2D eigenvalue weighted by Crippen LogP contribution is 2.26. The molecule has 0 bridgehead atoms. The molecule has 1 amide bonds. The lowest BCUT2D eigenvalue weighted by Gasteiger charge is -2.30. The number of morpholine rings is 1. The van der Waals surface area contributed by atoms with Crippen LogP contribution < -0.4 is 10.2 Å². The van der Waals surface area contributed by atoms with E-state index in [1.807, 2.05) is 18.2 Å². The van der Waals surface area contributed by atoms with Crippen molar-refractivity contribution in [2.45, 2.75) is 13.3 Å². The molecule has 22 heavy (non-hydrogen) atoms. The van der Waals surface area contributed by atoms with Crippen molar-refractivity contribution in [3.05, 3.63) is 40.3 Å². The second kappa shape index (κ2) is 6.89. The van der Waals surface area contributed by atoms with Crippen LogP contribution in [-0.4, -0.2) is 37.2 Å². The van der Waals surface area contributed by atoms with Gasteiger partial charge in [-0.1, -0.05) is 6.92 Å². The summed E-state index contributed by atoms with van der Waals surface area (Å²) in [4.78, 5) is 20.7. The third kappa shape index (κ3) is 3.28. The number of nitrogens with zero attached hydrogens (tertiary/aromatic N) is 2. The number of aromatic nitrogens is 1. The Morgan fingerprint density at radius 1 is 1.36 bits per heavy atom. The zero-order valence-corrected chi connectivity index (χ0v) is 13.4. The lowest BCUT2D eigenvalue weighted by molar-refractivity contribution is 0.103. The van der Waals surface area contributed by atoms with Crippen LogP contribution >= 0.6 is 11.3 Å². The van der Waals surface area contributed by atoms with Crippen LogP contribution in [0.25, 0.3) is 0 Å². The van der Waals surface area contributed by atoms with Gasteiger partial charge in [-0.3, -0.25) is 9.78 Å². The summed E-state index contributed by atoms with van der Waals surface area (Å²) >= 11 is 1.54. The minimum Gasteiger partial charge on any atom is -0.378 e. The molecule has 5 nitrogen and oxygen atoms in total. The maximum atomic E-state index is 12.4. The van der Waals surface area contributed by atoms with E-state index in [0.29, 0.717) is 13.2 Å². The number of hydrogen-bond donors (Lipinski definition) is 1. The van der Waals surface area contributed by atoms with Gasteiger partial charge in [-0.05, 0) is 24.6 Å². The van der Waals surface area contributed by atoms with Gasteiger partial charge in [-0.25, -0.2) is 0 Å². The van der Waals surface area contributed by atoms with E-state index in [1.165, 1.54) is 16.2 Å². The van der Waals surface area contributed by atoms with Crippen molar-refractivity contribution in [3.63, 3.8) is 0 Å². The van der Waals surface area contributed by atoms with Crippen LogP contribution in [0.15, 0.2) is 30.6 Å². The lowest BCUT2D eigenvalue weighted by Crippen LogP contribution is -2.36. The van der Waals surface area contributed by atoms with E-state index in [-0.39, 0.29) is 5.91 Å². The quantitative estimate of drug-likeness (QED) is 0.942. The number of amides is 1. The van der Waals surface area contributed by atoms with Gasteiger partial charge in [0.2, 0.25) is 0 Å². The van der Waals surface area contributed by atoms with Crippen molar-refractivity contribution in [3.8, 4) is 0 Å². The topological polar surface area (TPSA) is 54.5 Å². The zero-order chi connectivity index (χ0) is 15.4. The SMILES string of the molecule is CCc1ccc(C(=O)Nc2cnccc2N2CCOCC2)s1. The van der Waals surface area contributed by atoms with Crippen molar-refractivity contribution < 1.29 is 9.53 Å². The van der Waals surface area contributed by atoms with Crippen LogP contribution in [0.2, 0.25) is 0 Å². The summed E-state index contributed by atoms with van der Waals surface area (Å²) < 4.78 is 5.38. The molecular formula is C16H19N3O2S. The number of carbonyl (C=O) groups excluding carboxylic acids is 1. The van der Waals surface area contributed by atoms with Gasteiger partial charge in [0.05, 0.1) is 35.7 Å². The number of hydrogen-bond acceptors (Lipinski definition) is 5. The highest BCUT2D eigenvalue weighted by Gasteiger charge is 2.17. The first-order chi connectivity index (χ1) is 10.8. The van der Waals surface area contributed by atoms with Gasteiger partial charge in [0, 0.05) is 24.2 Å². The van der Waals surface area contributed by atoms with Crippen LogP contribution in [-0.2, 0) is 11.2 Å². The predicted molar refractivity (Wildman–Crippen MR) is 88.9 cm³/mol. The van der Waals surface area contributed by atoms with Crippen LogP contribution in [0.1, 0.15) is 21.5 Å². The zero-order valence-electron chi connectivity index (χ0n) is 12.5. The number of nitrogens with one attached hydrogen (secondary N) is 1. The van der Waals surface area contributed by atoms with Gasteiger partial charge in [0.25, 0.3) is 5.91 Å². The summed E-state index contributed by atoms with van der Waals surface area (Å²) in [6.07, 6.45) is 4.40. The molecule has 1 N–H and O–H groups in total. The normalized spacial score (nSPS) is 14.9. The summed E-state index contributed by atoms with van der Waals surface area (Å²) in [6, 6.07) is 5.82. The molecule has 0 unspecified atom stereocenters. The number of aryl methyl sites for hydroxylation is 1. The van der Waals surface area contributed by atoms with Gasteiger partial charge in [0.15, 0.2) is 0 Å². The predicted octanol–water partition coefficient (Wildman–Crippen LogP) is 2.79. The number of ether oxygens (including phenoxy) is 1. The van der Waals surface area contributed by atoms with Gasteiger partial charge in [-0.15, -0.1) is 11.3 Å². The van der Waals surface area contributed by atoms with Crippen LogP contribution in [0.5, 0.6) is 0 Å². The van der Waals surface area contributed by atoms with Crippen molar-refractivity contribution in [1.29, 1.82) is 0 Å². The van der Waals surface area contributed by atoms with Crippen molar-refractivity contribution >= 4 is 28.6 Å². The van der Waals surface area contributed by atoms with Gasteiger partial charge in [0.1, 0.15) is 0 Å². The molecule has 6 heteroatoms. The Morgan fingerprint density at radius 3 is 2.91 bits per heavy atom. The molecule has 1 aliphatic rings. The fraction of sp³-hybridized carbons (Fsp3) is 0.375. The summed E-state index contributed by atoms with van der Waals surface area (Å²) in [6.45, 7) is 5.16. The molecule has 0 aliphatic carbocycles. The molecular weight excluding hydrogens is 298 g/mol. The Kier molecular flexibility index (Phi) is 4.70. The number of rotatable bonds is 4. The lowest BCUT2D eigenvalue weighted by atomic mass is 10.2. The highest BCUT2D eigenvalue weighted by atomic mass is 32.1. The average Bonchev–Trinajstić information content (AvgIpc) is 3.05. The van der Waals surface area contributed by atoms with E-state index in [4.69, 9.17) is 4.74 Å². The first kappa shape index (κ1) is 15.0. The first-order valence-electron chi connectivity index (χ1n) is 7.44. The summed E-state index contributed by atoms with van der Waals surface area (Å²) in [7, 11) is 0. The molecule has 116 valence electrons. The van der Waals surface area contributed by atoms with Crippen LogP contribution in [0.4, 0.5) is 11.4 Å². The summed E-state index contributed by atoms with van der Waals surface area (Å²) in [5.41, 5.74) is 1.75. The Labute approximate surface area is 133 Å². The van der Waals surface area contributed by atoms with Crippen molar-refractivity contribution in [2.24, 2.45) is 0 Å². The fourth-order valence-electron chi connectivity index (χ4n) is 2.44. The third-order valence-corrected chi connectivity index (χ3v) is 4.86. The third-order valence-electron chi connectivity index (χ3n) is 3.63. The highest BCUT2D eigenvalue weighted by molar-refractivity contribution is 7.14. The van der Waals surface area contributed by atoms with Crippen LogP contribution in [0, 0.1) is 0 Å². The van der Waals surface area contributed by atoms with E-state index >= 15 is 0 Å². The van der Waals surface area contributed by atoms with Crippen molar-refractivity contribution in [1.82, 2.24) is 4.98 Å². The Morgan fingerprint density at radius 2 is 2.18 bits per heavy atom. The minimum atomic E-state index is -0.0767. The number of thiophene rings is 1. The molecule has 0 saturated carbocycles. The van der Waals surface area contributed by atoms with Gasteiger partial charge < -0.3 is 15.0 Å². The molecule has 0 spiro atoms. The Balaban J connectivity index is 1.78. The minimum absolute atomic E-state index is 0.0767. The monoisotopic (exact) mass is 317 g/mol. The first-order valence-corrected chi connectivity index (χ1v) is 8.26. The van der Waals surface area contributed by atoms with Crippen LogP contribution in [0.3, 0.4) is 0 Å². The molecule has 2 aromatic heterocycles. The van der Waals surface area contributed by atoms with Gasteiger partial charge in [-0.2, -0.15) is 0 Å². The number of anilines is 2. The molecule has 0 atom stereocenters. The molecule has 1 aliphatic heterocycles. The maximum absolute atomic E-state index is 12.4. The molecule has 3 heterocycles. The smallest absolute Gasteiger partial charge is 0.265 e. The molecule has 1 saturated heterocycles. The molecule has 0 radical (unpaired) electrons. The molecule has 3 rings (SSSR count). The summed E-state index contributed by atoms with van der Waals surface area (Å²) in [5, 5.41) is 2.99. The molecule has 0 aromatic carbocycles. The van der Waals surface area contributed by atoms with E-state index in [1.54, 1.807) is 12.4 Å². The number of pyridine rings is 1. The average molecular weight is 317 g/mol. The second-order valence-corrected chi connectivity index (χ2v) is 6.23. The fourth-order valence-corrected chi connectivity index (χ4v) is 3.28. The van der Waals surface area contributed by atoms with Crippen molar-refractivity contribution in [2.75, 3.05) is 36.5 Å². The van der Waals surface area contributed by atoms with E-state index in [2.05, 4.69) is 22.1 Å². The largest absolute Gasteiger partial charge is 0.378 e. The maximum Gasteiger partial charge on any atom is 0.265 e. The Bertz CT molecular complexity index is 650. The molecule has 1 fully saturated rings. The van der Waals surface area contributed by atoms with E-state index in [9.17, 15) is 4.79 Å². The van der Waals surface area contributed by atoms with E-state index in [0.717, 1.165) is 35.8 Å². The standard InChI is InChI=1S/C16H19N3O2S/c1-2-12-3-4-15(22-12)16(20)18-13-11-17-6-5-14(13)19-7-9-21-10-8-19/h3-6,11H,2,7-10H2,1H3,(H,18,20). The number of carbonyl (C=O) groups is 1. The Hall–Kier alpha value is -1.92.